The second-order valence-corrected chi connectivity index (χ2v) is 7.56. The lowest BCUT2D eigenvalue weighted by molar-refractivity contribution is 0.312. The molecule has 3 rings (SSSR count). The topological polar surface area (TPSA) is 47.0 Å². The third-order valence-electron chi connectivity index (χ3n) is 5.20. The summed E-state index contributed by atoms with van der Waals surface area (Å²) in [6.45, 7) is 7.89. The first kappa shape index (κ1) is 20.1. The number of benzene rings is 1. The Kier molecular flexibility index (Phi) is 6.87. The van der Waals surface area contributed by atoms with E-state index < -0.39 is 0 Å². The number of pyridine rings is 1. The van der Waals surface area contributed by atoms with E-state index in [1.165, 1.54) is 16.7 Å². The van der Waals surface area contributed by atoms with Gasteiger partial charge in [-0.25, -0.2) is 4.98 Å². The Morgan fingerprint density at radius 3 is 2.50 bits per heavy atom. The van der Waals surface area contributed by atoms with E-state index in [4.69, 9.17) is 0 Å². The lowest BCUT2D eigenvalue weighted by Gasteiger charge is -2.33. The number of rotatable bonds is 5. The number of piperazine rings is 1. The minimum Gasteiger partial charge on any atom is -0.354 e. The highest BCUT2D eigenvalue weighted by Crippen LogP contribution is 2.15. The van der Waals surface area contributed by atoms with Gasteiger partial charge in [0.05, 0.1) is 0 Å². The molecule has 0 spiro atoms. The zero-order valence-electron chi connectivity index (χ0n) is 17.5. The second-order valence-electron chi connectivity index (χ2n) is 7.56. The van der Waals surface area contributed by atoms with Crippen molar-refractivity contribution >= 4 is 11.8 Å². The third kappa shape index (κ3) is 5.45. The zero-order chi connectivity index (χ0) is 19.9. The van der Waals surface area contributed by atoms with Crippen LogP contribution < -0.4 is 10.2 Å². The van der Waals surface area contributed by atoms with Crippen LogP contribution in [0.5, 0.6) is 0 Å². The van der Waals surface area contributed by atoms with E-state index in [0.29, 0.717) is 0 Å². The number of nitrogens with zero attached hydrogens (tertiary/aromatic N) is 5. The molecular weight excluding hydrogens is 348 g/mol. The van der Waals surface area contributed by atoms with Crippen LogP contribution in [0.15, 0.2) is 47.6 Å². The molecule has 2 heterocycles. The van der Waals surface area contributed by atoms with Crippen molar-refractivity contribution in [2.24, 2.45) is 4.99 Å². The zero-order valence-corrected chi connectivity index (χ0v) is 17.5. The Hall–Kier alpha value is -2.60. The summed E-state index contributed by atoms with van der Waals surface area (Å²) >= 11 is 0. The Labute approximate surface area is 168 Å². The van der Waals surface area contributed by atoms with Crippen LogP contribution in [-0.2, 0) is 13.1 Å². The average Bonchev–Trinajstić information content (AvgIpc) is 2.71. The number of nitrogens with one attached hydrogen (secondary N) is 1. The van der Waals surface area contributed by atoms with Crippen LogP contribution in [-0.4, -0.2) is 68.1 Å². The fourth-order valence-corrected chi connectivity index (χ4v) is 3.39. The molecule has 6 nitrogen and oxygen atoms in total. The first-order valence-corrected chi connectivity index (χ1v) is 9.91. The number of likely N-dealkylation sites (N-methyl/N-ethyl adjacent to an activating group) is 1. The summed E-state index contributed by atoms with van der Waals surface area (Å²) in [5, 5.41) is 3.48. The average molecular weight is 381 g/mol. The largest absolute Gasteiger partial charge is 0.354 e. The van der Waals surface area contributed by atoms with Gasteiger partial charge in [-0.3, -0.25) is 4.99 Å². The number of hydrogen-bond donors (Lipinski definition) is 1. The summed E-state index contributed by atoms with van der Waals surface area (Å²) in [5.74, 6) is 1.95. The van der Waals surface area contributed by atoms with Crippen molar-refractivity contribution in [3.63, 3.8) is 0 Å². The summed E-state index contributed by atoms with van der Waals surface area (Å²) in [5.41, 5.74) is 3.77. The Morgan fingerprint density at radius 1 is 1.11 bits per heavy atom. The maximum atomic E-state index is 4.57. The fraction of sp³-hybridized carbons (Fsp3) is 0.455. The molecule has 6 heteroatoms. The van der Waals surface area contributed by atoms with Gasteiger partial charge in [0.1, 0.15) is 5.82 Å². The molecular formula is C22H32N6. The number of aromatic nitrogens is 1. The molecule has 1 aromatic heterocycles. The van der Waals surface area contributed by atoms with E-state index in [-0.39, 0.29) is 0 Å². The monoisotopic (exact) mass is 380 g/mol. The van der Waals surface area contributed by atoms with Crippen molar-refractivity contribution in [1.82, 2.24) is 20.1 Å². The lowest BCUT2D eigenvalue weighted by Crippen LogP contribution is -2.44. The van der Waals surface area contributed by atoms with E-state index in [1.807, 2.05) is 13.2 Å². The van der Waals surface area contributed by atoms with Gasteiger partial charge in [-0.15, -0.1) is 0 Å². The van der Waals surface area contributed by atoms with Gasteiger partial charge in [-0.1, -0.05) is 29.8 Å². The molecule has 0 atom stereocenters. The van der Waals surface area contributed by atoms with Crippen molar-refractivity contribution in [1.29, 1.82) is 0 Å². The van der Waals surface area contributed by atoms with Gasteiger partial charge in [0, 0.05) is 59.6 Å². The van der Waals surface area contributed by atoms with E-state index >= 15 is 0 Å². The standard InChI is InChI=1S/C22H32N6/c1-18-5-7-19(8-6-18)17-27(4)22(23-2)25-16-20-9-10-24-21(15-20)28-13-11-26(3)12-14-28/h5-10,15H,11-14,16-17H2,1-4H3,(H,23,25). The molecule has 2 aromatic rings. The highest BCUT2D eigenvalue weighted by atomic mass is 15.3. The molecule has 28 heavy (non-hydrogen) atoms. The summed E-state index contributed by atoms with van der Waals surface area (Å²) < 4.78 is 0. The smallest absolute Gasteiger partial charge is 0.193 e. The normalized spacial score (nSPS) is 15.6. The molecule has 0 saturated carbocycles. The SMILES string of the molecule is CN=C(NCc1ccnc(N2CCN(C)CC2)c1)N(C)Cc1ccc(C)cc1. The number of hydrogen-bond acceptors (Lipinski definition) is 4. The molecule has 1 fully saturated rings. The highest BCUT2D eigenvalue weighted by Gasteiger charge is 2.15. The second kappa shape index (κ2) is 9.55. The fourth-order valence-electron chi connectivity index (χ4n) is 3.39. The number of aryl methyl sites for hydroxylation is 1. The van der Waals surface area contributed by atoms with Gasteiger partial charge >= 0.3 is 0 Å². The van der Waals surface area contributed by atoms with Gasteiger partial charge in [0.2, 0.25) is 0 Å². The maximum Gasteiger partial charge on any atom is 0.193 e. The lowest BCUT2D eigenvalue weighted by atomic mass is 10.1. The van der Waals surface area contributed by atoms with Crippen LogP contribution in [0.4, 0.5) is 5.82 Å². The van der Waals surface area contributed by atoms with Gasteiger partial charge in [-0.2, -0.15) is 0 Å². The summed E-state index contributed by atoms with van der Waals surface area (Å²) in [6, 6.07) is 12.9. The van der Waals surface area contributed by atoms with Gasteiger partial charge in [0.25, 0.3) is 0 Å². The minimum atomic E-state index is 0.730. The van der Waals surface area contributed by atoms with Gasteiger partial charge < -0.3 is 20.0 Å². The van der Waals surface area contributed by atoms with Crippen LogP contribution in [0.1, 0.15) is 16.7 Å². The molecule has 0 amide bonds. The van der Waals surface area contributed by atoms with Crippen molar-refractivity contribution in [3.05, 3.63) is 59.3 Å². The molecule has 0 radical (unpaired) electrons. The molecule has 150 valence electrons. The van der Waals surface area contributed by atoms with Crippen LogP contribution in [0.25, 0.3) is 0 Å². The quantitative estimate of drug-likeness (QED) is 0.637. The number of anilines is 1. The van der Waals surface area contributed by atoms with Crippen LogP contribution >= 0.6 is 0 Å². The van der Waals surface area contributed by atoms with Gasteiger partial charge in [0.15, 0.2) is 5.96 Å². The van der Waals surface area contributed by atoms with E-state index in [0.717, 1.165) is 51.0 Å². The Morgan fingerprint density at radius 2 is 1.82 bits per heavy atom. The van der Waals surface area contributed by atoms with Crippen molar-refractivity contribution in [2.45, 2.75) is 20.0 Å². The first-order chi connectivity index (χ1) is 13.5. The number of guanidine groups is 1. The first-order valence-electron chi connectivity index (χ1n) is 9.91. The minimum absolute atomic E-state index is 0.730. The van der Waals surface area contributed by atoms with Crippen LogP contribution in [0, 0.1) is 6.92 Å². The highest BCUT2D eigenvalue weighted by molar-refractivity contribution is 5.79. The maximum absolute atomic E-state index is 4.57. The Bertz CT molecular complexity index is 778. The van der Waals surface area contributed by atoms with E-state index in [2.05, 4.69) is 87.4 Å². The van der Waals surface area contributed by atoms with Crippen LogP contribution in [0.3, 0.4) is 0 Å². The van der Waals surface area contributed by atoms with Crippen molar-refractivity contribution in [2.75, 3.05) is 52.2 Å². The van der Waals surface area contributed by atoms with Crippen molar-refractivity contribution in [3.8, 4) is 0 Å². The third-order valence-corrected chi connectivity index (χ3v) is 5.20. The molecule has 0 aliphatic carbocycles. The molecule has 1 N–H and O–H groups in total. The molecule has 0 unspecified atom stereocenters. The van der Waals surface area contributed by atoms with Crippen molar-refractivity contribution < 1.29 is 0 Å². The molecule has 1 aromatic carbocycles. The molecule has 1 aliphatic rings. The van der Waals surface area contributed by atoms with Gasteiger partial charge in [-0.05, 0) is 37.2 Å². The molecule has 0 bridgehead atoms. The Balaban J connectivity index is 1.57. The molecule has 1 aliphatic heterocycles. The van der Waals surface area contributed by atoms with E-state index in [9.17, 15) is 0 Å². The van der Waals surface area contributed by atoms with Crippen LogP contribution in [0.2, 0.25) is 0 Å². The molecule has 1 saturated heterocycles. The summed E-state index contributed by atoms with van der Waals surface area (Å²) in [7, 11) is 6.07. The summed E-state index contributed by atoms with van der Waals surface area (Å²) in [4.78, 5) is 15.9. The predicted octanol–water partition coefficient (Wildman–Crippen LogP) is 2.35. The predicted molar refractivity (Wildman–Crippen MR) is 117 cm³/mol. The van der Waals surface area contributed by atoms with E-state index in [1.54, 1.807) is 0 Å². The number of aliphatic imine (C=N–C) groups is 1. The summed E-state index contributed by atoms with van der Waals surface area (Å²) in [6.07, 6.45) is 1.91.